The summed E-state index contributed by atoms with van der Waals surface area (Å²) in [6.45, 7) is 5.93. The third-order valence-electron chi connectivity index (χ3n) is 2.00. The fourth-order valence-corrected chi connectivity index (χ4v) is 1.24. The van der Waals surface area contributed by atoms with Crippen molar-refractivity contribution in [1.82, 2.24) is 5.32 Å². The van der Waals surface area contributed by atoms with Crippen LogP contribution in [0.4, 0.5) is 4.79 Å². The molecule has 0 spiro atoms. The summed E-state index contributed by atoms with van der Waals surface area (Å²) in [5.41, 5.74) is 0. The highest BCUT2D eigenvalue weighted by Crippen LogP contribution is 2.10. The summed E-state index contributed by atoms with van der Waals surface area (Å²) in [5.74, 6) is -0.308. The van der Waals surface area contributed by atoms with Crippen molar-refractivity contribution < 1.29 is 14.3 Å². The van der Waals surface area contributed by atoms with Gasteiger partial charge in [0.25, 0.3) is 0 Å². The molecule has 0 aromatic carbocycles. The van der Waals surface area contributed by atoms with Crippen molar-refractivity contribution in [2.24, 2.45) is 5.92 Å². The van der Waals surface area contributed by atoms with E-state index in [9.17, 15) is 9.59 Å². The van der Waals surface area contributed by atoms with Gasteiger partial charge in [-0.05, 0) is 19.8 Å². The van der Waals surface area contributed by atoms with E-state index in [0.29, 0.717) is 0 Å². The highest BCUT2D eigenvalue weighted by atomic mass is 16.5. The summed E-state index contributed by atoms with van der Waals surface area (Å²) in [7, 11) is 0. The molecule has 0 saturated heterocycles. The first-order valence-corrected chi connectivity index (χ1v) is 5.13. The molecular formula is C10H19NO3. The Morgan fingerprint density at radius 1 is 1.29 bits per heavy atom. The van der Waals surface area contributed by atoms with E-state index in [-0.39, 0.29) is 18.4 Å². The highest BCUT2D eigenvalue weighted by molar-refractivity contribution is 5.92. The summed E-state index contributed by atoms with van der Waals surface area (Å²) < 4.78 is 4.61. The van der Waals surface area contributed by atoms with E-state index in [2.05, 4.69) is 10.1 Å². The fourth-order valence-electron chi connectivity index (χ4n) is 1.24. The number of amides is 2. The molecule has 1 N–H and O–H groups in total. The van der Waals surface area contributed by atoms with Gasteiger partial charge in [0, 0.05) is 5.92 Å². The Balaban J connectivity index is 3.96. The molecule has 0 radical (unpaired) electrons. The van der Waals surface area contributed by atoms with Crippen LogP contribution in [0, 0.1) is 5.92 Å². The van der Waals surface area contributed by atoms with E-state index >= 15 is 0 Å². The van der Waals surface area contributed by atoms with Gasteiger partial charge in [-0.25, -0.2) is 4.79 Å². The summed E-state index contributed by atoms with van der Waals surface area (Å²) in [6.07, 6.45) is 1.85. The zero-order valence-electron chi connectivity index (χ0n) is 9.13. The van der Waals surface area contributed by atoms with Gasteiger partial charge < -0.3 is 4.74 Å². The minimum atomic E-state index is -0.646. The van der Waals surface area contributed by atoms with Crippen LogP contribution in [0.2, 0.25) is 0 Å². The predicted octanol–water partition coefficient (Wildman–Crippen LogP) is 2.09. The van der Waals surface area contributed by atoms with Gasteiger partial charge in [-0.2, -0.15) is 0 Å². The molecule has 0 fully saturated rings. The van der Waals surface area contributed by atoms with Crippen molar-refractivity contribution in [3.8, 4) is 0 Å². The lowest BCUT2D eigenvalue weighted by Gasteiger charge is -2.12. The summed E-state index contributed by atoms with van der Waals surface area (Å²) in [4.78, 5) is 22.4. The second-order valence-electron chi connectivity index (χ2n) is 3.10. The topological polar surface area (TPSA) is 55.4 Å². The number of hydrogen-bond donors (Lipinski definition) is 1. The number of nitrogens with one attached hydrogen (secondary N) is 1. The molecule has 14 heavy (non-hydrogen) atoms. The molecule has 82 valence electrons. The van der Waals surface area contributed by atoms with Crippen molar-refractivity contribution in [3.05, 3.63) is 0 Å². The van der Waals surface area contributed by atoms with Gasteiger partial charge in [0.05, 0.1) is 6.61 Å². The van der Waals surface area contributed by atoms with E-state index in [1.807, 2.05) is 13.8 Å². The van der Waals surface area contributed by atoms with Crippen LogP contribution in [0.15, 0.2) is 0 Å². The van der Waals surface area contributed by atoms with Crippen LogP contribution in [0.3, 0.4) is 0 Å². The molecule has 1 unspecified atom stereocenters. The number of carbonyl (C=O) groups is 2. The zero-order valence-corrected chi connectivity index (χ0v) is 9.13. The maximum absolute atomic E-state index is 11.4. The third kappa shape index (κ3) is 4.84. The minimum absolute atomic E-state index is 0.0793. The van der Waals surface area contributed by atoms with Crippen molar-refractivity contribution in [2.75, 3.05) is 6.61 Å². The van der Waals surface area contributed by atoms with Crippen molar-refractivity contribution in [1.29, 1.82) is 0 Å². The molecular weight excluding hydrogens is 182 g/mol. The number of ether oxygens (including phenoxy) is 1. The number of rotatable bonds is 5. The maximum atomic E-state index is 11.4. The Morgan fingerprint density at radius 2 is 1.93 bits per heavy atom. The monoisotopic (exact) mass is 201 g/mol. The molecule has 0 saturated carbocycles. The largest absolute Gasteiger partial charge is 0.450 e. The third-order valence-corrected chi connectivity index (χ3v) is 2.00. The normalized spacial score (nSPS) is 11.9. The van der Waals surface area contributed by atoms with Crippen molar-refractivity contribution in [2.45, 2.75) is 40.0 Å². The SMILES string of the molecule is CCCC(CC)C(=O)NC(=O)OCC. The Morgan fingerprint density at radius 3 is 2.36 bits per heavy atom. The minimum Gasteiger partial charge on any atom is -0.450 e. The average molecular weight is 201 g/mol. The van der Waals surface area contributed by atoms with Gasteiger partial charge >= 0.3 is 6.09 Å². The van der Waals surface area contributed by atoms with Crippen LogP contribution < -0.4 is 5.32 Å². The zero-order chi connectivity index (χ0) is 11.0. The van der Waals surface area contributed by atoms with Crippen LogP contribution in [0.1, 0.15) is 40.0 Å². The van der Waals surface area contributed by atoms with Crippen LogP contribution in [0.5, 0.6) is 0 Å². The molecule has 2 amide bonds. The standard InChI is InChI=1S/C10H19NO3/c1-4-7-8(5-2)9(12)11-10(13)14-6-3/h8H,4-7H2,1-3H3,(H,11,12,13). The molecule has 0 aliphatic heterocycles. The second kappa shape index (κ2) is 7.35. The fraction of sp³-hybridized carbons (Fsp3) is 0.800. The number of carbonyl (C=O) groups excluding carboxylic acids is 2. The quantitative estimate of drug-likeness (QED) is 0.741. The average Bonchev–Trinajstić information content (AvgIpc) is 2.14. The van der Waals surface area contributed by atoms with Crippen LogP contribution in [0.25, 0.3) is 0 Å². The van der Waals surface area contributed by atoms with E-state index in [4.69, 9.17) is 0 Å². The lowest BCUT2D eigenvalue weighted by Crippen LogP contribution is -2.35. The predicted molar refractivity (Wildman–Crippen MR) is 53.9 cm³/mol. The molecule has 0 aliphatic rings. The van der Waals surface area contributed by atoms with Gasteiger partial charge in [0.2, 0.25) is 5.91 Å². The Hall–Kier alpha value is -1.06. The molecule has 0 heterocycles. The van der Waals surface area contributed by atoms with Gasteiger partial charge in [-0.1, -0.05) is 20.3 Å². The molecule has 0 rings (SSSR count). The summed E-state index contributed by atoms with van der Waals surface area (Å²) in [5, 5.41) is 2.22. The molecule has 0 aromatic rings. The van der Waals surface area contributed by atoms with Gasteiger partial charge in [-0.15, -0.1) is 0 Å². The lowest BCUT2D eigenvalue weighted by atomic mass is 10.0. The summed E-state index contributed by atoms with van der Waals surface area (Å²) in [6, 6.07) is 0. The first kappa shape index (κ1) is 12.9. The maximum Gasteiger partial charge on any atom is 0.413 e. The molecule has 0 aromatic heterocycles. The number of imide groups is 1. The molecule has 4 nitrogen and oxygen atoms in total. The van der Waals surface area contributed by atoms with E-state index in [1.54, 1.807) is 6.92 Å². The van der Waals surface area contributed by atoms with Crippen LogP contribution >= 0.6 is 0 Å². The number of hydrogen-bond acceptors (Lipinski definition) is 3. The van der Waals surface area contributed by atoms with E-state index in [0.717, 1.165) is 19.3 Å². The Labute approximate surface area is 85.0 Å². The first-order valence-electron chi connectivity index (χ1n) is 5.13. The Bertz CT molecular complexity index is 192. The van der Waals surface area contributed by atoms with E-state index < -0.39 is 6.09 Å². The number of alkyl carbamates (subject to hydrolysis) is 1. The van der Waals surface area contributed by atoms with Gasteiger partial charge in [-0.3, -0.25) is 10.1 Å². The van der Waals surface area contributed by atoms with Crippen LogP contribution in [-0.4, -0.2) is 18.6 Å². The smallest absolute Gasteiger partial charge is 0.413 e. The highest BCUT2D eigenvalue weighted by Gasteiger charge is 2.17. The Kier molecular flexibility index (Phi) is 6.80. The van der Waals surface area contributed by atoms with Gasteiger partial charge in [0.1, 0.15) is 0 Å². The molecule has 1 atom stereocenters. The molecule has 4 heteroatoms. The first-order chi connectivity index (χ1) is 6.65. The van der Waals surface area contributed by atoms with Crippen molar-refractivity contribution in [3.63, 3.8) is 0 Å². The molecule has 0 bridgehead atoms. The molecule has 0 aliphatic carbocycles. The van der Waals surface area contributed by atoms with Crippen molar-refractivity contribution >= 4 is 12.0 Å². The lowest BCUT2D eigenvalue weighted by molar-refractivity contribution is -0.124. The van der Waals surface area contributed by atoms with Gasteiger partial charge in [0.15, 0.2) is 0 Å². The van der Waals surface area contributed by atoms with E-state index in [1.165, 1.54) is 0 Å². The summed E-state index contributed by atoms with van der Waals surface area (Å²) >= 11 is 0. The second-order valence-corrected chi connectivity index (χ2v) is 3.10. The van der Waals surface area contributed by atoms with Crippen LogP contribution in [-0.2, 0) is 9.53 Å².